The summed E-state index contributed by atoms with van der Waals surface area (Å²) in [5.41, 5.74) is 4.42. The molecule has 0 aliphatic carbocycles. The molecule has 0 radical (unpaired) electrons. The van der Waals surface area contributed by atoms with Crippen LogP contribution in [0.15, 0.2) is 24.3 Å². The van der Waals surface area contributed by atoms with Gasteiger partial charge in [0.25, 0.3) is 0 Å². The summed E-state index contributed by atoms with van der Waals surface area (Å²) < 4.78 is 0. The molecule has 2 N–H and O–H groups in total. The molecule has 0 unspecified atom stereocenters. The zero-order valence-corrected chi connectivity index (χ0v) is 17.6. The van der Waals surface area contributed by atoms with Crippen molar-refractivity contribution in [3.63, 3.8) is 0 Å². The number of hydrogen-bond acceptors (Lipinski definition) is 5. The molecule has 0 atom stereocenters. The summed E-state index contributed by atoms with van der Waals surface area (Å²) >= 11 is 0. The van der Waals surface area contributed by atoms with Crippen LogP contribution in [0.4, 0.5) is 17.3 Å². The first-order valence-electron chi connectivity index (χ1n) is 10.1. The highest BCUT2D eigenvalue weighted by Crippen LogP contribution is 2.26. The first kappa shape index (κ1) is 20.8. The third kappa shape index (κ3) is 5.31. The maximum Gasteiger partial charge on any atom is 0.227 e. The molecule has 0 spiro atoms. The largest absolute Gasteiger partial charge is 0.341 e. The van der Waals surface area contributed by atoms with Crippen LogP contribution in [-0.2, 0) is 16.0 Å². The number of piperidine rings is 1. The van der Waals surface area contributed by atoms with Gasteiger partial charge in [0, 0.05) is 48.7 Å². The molecule has 7 nitrogen and oxygen atoms in total. The molecule has 1 aromatic heterocycles. The molecule has 2 aromatic rings. The number of nitrogens with zero attached hydrogens (tertiary/aromatic N) is 3. The lowest BCUT2D eigenvalue weighted by atomic mass is 9.95. The zero-order valence-electron chi connectivity index (χ0n) is 17.6. The van der Waals surface area contributed by atoms with Gasteiger partial charge in [0.1, 0.15) is 0 Å². The fourth-order valence-corrected chi connectivity index (χ4v) is 3.71. The van der Waals surface area contributed by atoms with Crippen molar-refractivity contribution in [2.75, 3.05) is 28.6 Å². The van der Waals surface area contributed by atoms with Crippen LogP contribution in [0.25, 0.3) is 0 Å². The van der Waals surface area contributed by atoms with Crippen molar-refractivity contribution in [3.8, 4) is 0 Å². The molecule has 154 valence electrons. The summed E-state index contributed by atoms with van der Waals surface area (Å²) in [6.07, 6.45) is 2.32. The molecule has 1 aromatic carbocycles. The van der Waals surface area contributed by atoms with Crippen molar-refractivity contribution in [3.05, 3.63) is 41.2 Å². The number of aromatic nitrogens is 2. The van der Waals surface area contributed by atoms with E-state index in [9.17, 15) is 9.59 Å². The van der Waals surface area contributed by atoms with Gasteiger partial charge < -0.3 is 15.5 Å². The van der Waals surface area contributed by atoms with Crippen LogP contribution in [0.5, 0.6) is 0 Å². The molecule has 29 heavy (non-hydrogen) atoms. The van der Waals surface area contributed by atoms with E-state index < -0.39 is 0 Å². The highest BCUT2D eigenvalue weighted by molar-refractivity contribution is 5.95. The number of hydrogen-bond donors (Lipinski definition) is 2. The number of carbonyl (C=O) groups is 2. The van der Waals surface area contributed by atoms with Crippen LogP contribution in [0.3, 0.4) is 0 Å². The van der Waals surface area contributed by atoms with Gasteiger partial charge in [0.05, 0.1) is 0 Å². The number of nitrogens with one attached hydrogen (secondary N) is 2. The van der Waals surface area contributed by atoms with Crippen molar-refractivity contribution >= 4 is 29.1 Å². The summed E-state index contributed by atoms with van der Waals surface area (Å²) in [7, 11) is 0. The van der Waals surface area contributed by atoms with Crippen LogP contribution in [0.2, 0.25) is 0 Å². The average Bonchev–Trinajstić information content (AvgIpc) is 2.67. The predicted octanol–water partition coefficient (Wildman–Crippen LogP) is 3.47. The first-order chi connectivity index (χ1) is 13.9. The van der Waals surface area contributed by atoms with Crippen molar-refractivity contribution in [1.82, 2.24) is 9.97 Å². The number of benzene rings is 1. The lowest BCUT2D eigenvalue weighted by Crippen LogP contribution is -2.39. The fourth-order valence-electron chi connectivity index (χ4n) is 3.71. The molecule has 3 rings (SSSR count). The SMILES string of the molecule is CCc1ccc(NC(C)=O)cc1NC(=O)C1CCN(c2nc(C)cc(C)n2)CC1. The lowest BCUT2D eigenvalue weighted by Gasteiger charge is -2.31. The van der Waals surface area contributed by atoms with E-state index in [0.717, 1.165) is 60.9 Å². The van der Waals surface area contributed by atoms with Crippen LogP contribution in [-0.4, -0.2) is 34.9 Å². The van der Waals surface area contributed by atoms with Crippen molar-refractivity contribution in [1.29, 1.82) is 0 Å². The normalized spacial score (nSPS) is 14.6. The van der Waals surface area contributed by atoms with E-state index in [2.05, 4.69) is 25.5 Å². The third-order valence-electron chi connectivity index (χ3n) is 5.19. The summed E-state index contributed by atoms with van der Waals surface area (Å²) in [5.74, 6) is 0.595. The molecule has 2 heterocycles. The number of rotatable bonds is 5. The minimum Gasteiger partial charge on any atom is -0.341 e. The van der Waals surface area contributed by atoms with Crippen LogP contribution in [0.1, 0.15) is 43.6 Å². The minimum absolute atomic E-state index is 0.0284. The Morgan fingerprint density at radius 1 is 1.07 bits per heavy atom. The summed E-state index contributed by atoms with van der Waals surface area (Å²) in [6.45, 7) is 8.98. The van der Waals surface area contributed by atoms with E-state index in [0.29, 0.717) is 5.69 Å². The molecular formula is C22H29N5O2. The van der Waals surface area contributed by atoms with E-state index in [1.165, 1.54) is 6.92 Å². The van der Waals surface area contributed by atoms with Crippen molar-refractivity contribution in [2.24, 2.45) is 5.92 Å². The Morgan fingerprint density at radius 3 is 2.31 bits per heavy atom. The molecular weight excluding hydrogens is 366 g/mol. The molecule has 0 saturated carbocycles. The van der Waals surface area contributed by atoms with Crippen molar-refractivity contribution < 1.29 is 9.59 Å². The van der Waals surface area contributed by atoms with Gasteiger partial charge in [-0.3, -0.25) is 9.59 Å². The van der Waals surface area contributed by atoms with Crippen LogP contribution < -0.4 is 15.5 Å². The molecule has 1 aliphatic rings. The second-order valence-corrected chi connectivity index (χ2v) is 7.61. The van der Waals surface area contributed by atoms with E-state index >= 15 is 0 Å². The standard InChI is InChI=1S/C22H29N5O2/c1-5-17-6-7-19(25-16(4)28)13-20(17)26-21(29)18-8-10-27(11-9-18)22-23-14(2)12-15(3)24-22/h6-7,12-13,18H,5,8-11H2,1-4H3,(H,25,28)(H,26,29). The molecule has 1 fully saturated rings. The lowest BCUT2D eigenvalue weighted by molar-refractivity contribution is -0.120. The summed E-state index contributed by atoms with van der Waals surface area (Å²) in [5, 5.41) is 5.85. The average molecular weight is 396 g/mol. The molecule has 1 aliphatic heterocycles. The van der Waals surface area contributed by atoms with Gasteiger partial charge in [-0.1, -0.05) is 13.0 Å². The maximum atomic E-state index is 12.9. The number of anilines is 3. The molecule has 2 amide bonds. The first-order valence-corrected chi connectivity index (χ1v) is 10.1. The number of aryl methyl sites for hydroxylation is 3. The topological polar surface area (TPSA) is 87.2 Å². The van der Waals surface area contributed by atoms with Gasteiger partial charge in [0.15, 0.2) is 0 Å². The third-order valence-corrected chi connectivity index (χ3v) is 5.19. The van der Waals surface area contributed by atoms with Crippen molar-refractivity contribution in [2.45, 2.75) is 47.0 Å². The van der Waals surface area contributed by atoms with Gasteiger partial charge in [-0.2, -0.15) is 0 Å². The highest BCUT2D eigenvalue weighted by atomic mass is 16.2. The number of amides is 2. The van der Waals surface area contributed by atoms with Gasteiger partial charge in [-0.15, -0.1) is 0 Å². The Kier molecular flexibility index (Phi) is 6.46. The quantitative estimate of drug-likeness (QED) is 0.809. The Bertz CT molecular complexity index is 884. The Balaban J connectivity index is 1.64. The Morgan fingerprint density at radius 2 is 1.72 bits per heavy atom. The van der Waals surface area contributed by atoms with Gasteiger partial charge in [0.2, 0.25) is 17.8 Å². The molecule has 1 saturated heterocycles. The number of carbonyl (C=O) groups excluding carboxylic acids is 2. The minimum atomic E-state index is -0.132. The Hall–Kier alpha value is -2.96. The highest BCUT2D eigenvalue weighted by Gasteiger charge is 2.26. The van der Waals surface area contributed by atoms with E-state index in [1.54, 1.807) is 0 Å². The van der Waals surface area contributed by atoms with Crippen LogP contribution >= 0.6 is 0 Å². The van der Waals surface area contributed by atoms with Gasteiger partial charge >= 0.3 is 0 Å². The van der Waals surface area contributed by atoms with E-state index in [1.807, 2.05) is 45.0 Å². The monoisotopic (exact) mass is 395 g/mol. The van der Waals surface area contributed by atoms with E-state index in [4.69, 9.17) is 0 Å². The van der Waals surface area contributed by atoms with Crippen LogP contribution in [0, 0.1) is 19.8 Å². The van der Waals surface area contributed by atoms with Gasteiger partial charge in [-0.05, 0) is 56.9 Å². The predicted molar refractivity (Wildman–Crippen MR) is 115 cm³/mol. The maximum absolute atomic E-state index is 12.9. The van der Waals surface area contributed by atoms with Gasteiger partial charge in [-0.25, -0.2) is 9.97 Å². The van der Waals surface area contributed by atoms with E-state index in [-0.39, 0.29) is 17.7 Å². The molecule has 0 bridgehead atoms. The fraction of sp³-hybridized carbons (Fsp3) is 0.455. The second kappa shape index (κ2) is 9.03. The molecule has 7 heteroatoms. The summed E-state index contributed by atoms with van der Waals surface area (Å²) in [4.78, 5) is 35.4. The smallest absolute Gasteiger partial charge is 0.227 e. The Labute approximate surface area is 171 Å². The second-order valence-electron chi connectivity index (χ2n) is 7.61. The summed E-state index contributed by atoms with van der Waals surface area (Å²) in [6, 6.07) is 7.60. The zero-order chi connectivity index (χ0) is 21.0.